The van der Waals surface area contributed by atoms with Crippen molar-refractivity contribution in [1.29, 1.82) is 0 Å². The predicted molar refractivity (Wildman–Crippen MR) is 66.3 cm³/mol. The molecule has 0 heterocycles. The Bertz CT molecular complexity index is 434. The molecule has 1 fully saturated rings. The van der Waals surface area contributed by atoms with Crippen LogP contribution in [-0.2, 0) is 10.3 Å². The van der Waals surface area contributed by atoms with Crippen molar-refractivity contribution >= 4 is 22.0 Å². The summed E-state index contributed by atoms with van der Waals surface area (Å²) in [4.78, 5) is 11.0. The van der Waals surface area contributed by atoms with Gasteiger partial charge in [0.1, 0.15) is 5.60 Å². The maximum atomic E-state index is 11.0. The first-order valence-corrected chi connectivity index (χ1v) is 6.09. The lowest BCUT2D eigenvalue weighted by molar-refractivity contribution is -0.175. The predicted octanol–water partition coefficient (Wildman–Crippen LogP) is 2.28. The van der Waals surface area contributed by atoms with Crippen LogP contribution in [0.5, 0.6) is 0 Å². The van der Waals surface area contributed by atoms with Gasteiger partial charge in [0, 0.05) is 17.3 Å². The van der Waals surface area contributed by atoms with E-state index in [9.17, 15) is 9.90 Å². The number of aliphatic hydroxyl groups is 1. The van der Waals surface area contributed by atoms with Crippen molar-refractivity contribution in [2.45, 2.75) is 31.0 Å². The summed E-state index contributed by atoms with van der Waals surface area (Å²) in [6, 6.07) is 7.47. The van der Waals surface area contributed by atoms with E-state index in [2.05, 4.69) is 15.9 Å². The first-order valence-electron chi connectivity index (χ1n) is 5.30. The molecule has 0 unspecified atom stereocenters. The van der Waals surface area contributed by atoms with Gasteiger partial charge in [-0.15, -0.1) is 0 Å². The molecule has 2 rings (SSSR count). The fourth-order valence-electron chi connectivity index (χ4n) is 2.46. The molecule has 0 bridgehead atoms. The van der Waals surface area contributed by atoms with Crippen molar-refractivity contribution in [3.8, 4) is 0 Å². The zero-order valence-electron chi connectivity index (χ0n) is 9.44. The summed E-state index contributed by atoms with van der Waals surface area (Å²) in [5, 5.41) is 9.84. The van der Waals surface area contributed by atoms with Gasteiger partial charge in [0.05, 0.1) is 5.60 Å². The first kappa shape index (κ1) is 12.4. The molecule has 1 aliphatic carbocycles. The Morgan fingerprint density at radius 2 is 1.94 bits per heavy atom. The van der Waals surface area contributed by atoms with Crippen LogP contribution < -0.4 is 5.73 Å². The van der Waals surface area contributed by atoms with Crippen LogP contribution in [0.15, 0.2) is 28.7 Å². The summed E-state index contributed by atoms with van der Waals surface area (Å²) < 4.78 is 6.14. The summed E-state index contributed by atoms with van der Waals surface area (Å²) in [6.07, 6.45) is -0.0850. The van der Waals surface area contributed by atoms with Crippen LogP contribution >= 0.6 is 15.9 Å². The van der Waals surface area contributed by atoms with E-state index in [4.69, 9.17) is 10.5 Å². The normalized spacial score (nSPS) is 31.7. The number of benzene rings is 1. The number of primary amides is 1. The number of carbonyl (C=O) groups is 1. The third-order valence-corrected chi connectivity index (χ3v) is 3.53. The van der Waals surface area contributed by atoms with Gasteiger partial charge in [-0.05, 0) is 24.6 Å². The molecule has 4 nitrogen and oxygen atoms in total. The lowest BCUT2D eigenvalue weighted by Gasteiger charge is -2.50. The molecule has 3 N–H and O–H groups in total. The number of carbonyl (C=O) groups excluding carboxylic acids is 1. The molecule has 5 heteroatoms. The van der Waals surface area contributed by atoms with E-state index in [0.717, 1.165) is 10.0 Å². The molecule has 1 aromatic carbocycles. The van der Waals surface area contributed by atoms with E-state index in [1.54, 1.807) is 6.92 Å². The Labute approximate surface area is 108 Å². The van der Waals surface area contributed by atoms with Crippen LogP contribution in [0, 0.1) is 0 Å². The van der Waals surface area contributed by atoms with Gasteiger partial charge in [0.25, 0.3) is 0 Å². The molecule has 0 atom stereocenters. The minimum Gasteiger partial charge on any atom is -0.438 e. The van der Waals surface area contributed by atoms with Crippen molar-refractivity contribution in [2.24, 2.45) is 5.73 Å². The van der Waals surface area contributed by atoms with Gasteiger partial charge in [-0.25, -0.2) is 4.79 Å². The highest BCUT2D eigenvalue weighted by atomic mass is 79.9. The monoisotopic (exact) mass is 299 g/mol. The van der Waals surface area contributed by atoms with E-state index in [1.165, 1.54) is 0 Å². The molecule has 0 aliphatic heterocycles. The molecule has 0 radical (unpaired) electrons. The highest BCUT2D eigenvalue weighted by molar-refractivity contribution is 9.10. The number of rotatable bonds is 2. The third kappa shape index (κ3) is 2.45. The zero-order valence-corrected chi connectivity index (χ0v) is 11.0. The van der Waals surface area contributed by atoms with Crippen molar-refractivity contribution in [3.05, 3.63) is 34.3 Å². The summed E-state index contributed by atoms with van der Waals surface area (Å²) in [5.74, 6) is 0. The van der Waals surface area contributed by atoms with Crippen molar-refractivity contribution in [1.82, 2.24) is 0 Å². The van der Waals surface area contributed by atoms with Crippen LogP contribution in [0.2, 0.25) is 0 Å². The lowest BCUT2D eigenvalue weighted by atomic mass is 9.65. The number of hydrogen-bond donors (Lipinski definition) is 2. The average molecular weight is 300 g/mol. The van der Waals surface area contributed by atoms with Gasteiger partial charge >= 0.3 is 6.09 Å². The molecule has 1 saturated carbocycles. The van der Waals surface area contributed by atoms with E-state index in [-0.39, 0.29) is 0 Å². The number of halogens is 1. The Hall–Kier alpha value is -1.07. The van der Waals surface area contributed by atoms with E-state index < -0.39 is 17.3 Å². The van der Waals surface area contributed by atoms with Crippen molar-refractivity contribution in [3.63, 3.8) is 0 Å². The number of ether oxygens (including phenoxy) is 1. The largest absolute Gasteiger partial charge is 0.438 e. The SMILES string of the molecule is CC1(O)CC(OC(N)=O)(c2ccc(Br)cc2)C1. The summed E-state index contributed by atoms with van der Waals surface area (Å²) in [5.41, 5.74) is 4.36. The van der Waals surface area contributed by atoms with Crippen molar-refractivity contribution < 1.29 is 14.6 Å². The molecule has 1 aliphatic rings. The third-order valence-electron chi connectivity index (χ3n) is 3.00. The minimum atomic E-state index is -0.816. The summed E-state index contributed by atoms with van der Waals surface area (Å²) >= 11 is 3.34. The van der Waals surface area contributed by atoms with Gasteiger partial charge in [0.15, 0.2) is 0 Å². The molecular formula is C12H14BrNO3. The van der Waals surface area contributed by atoms with Crippen LogP contribution in [0.3, 0.4) is 0 Å². The fourth-order valence-corrected chi connectivity index (χ4v) is 2.72. The zero-order chi connectivity index (χ0) is 12.7. The standard InChI is InChI=1S/C12H14BrNO3/c1-11(16)6-12(7-11,17-10(14)15)8-2-4-9(13)5-3-8/h2-5,16H,6-7H2,1H3,(H2,14,15). The molecule has 0 saturated heterocycles. The molecule has 1 amide bonds. The fraction of sp³-hybridized carbons (Fsp3) is 0.417. The van der Waals surface area contributed by atoms with E-state index >= 15 is 0 Å². The van der Waals surface area contributed by atoms with Gasteiger partial charge < -0.3 is 15.6 Å². The lowest BCUT2D eigenvalue weighted by Crippen LogP contribution is -2.55. The van der Waals surface area contributed by atoms with Gasteiger partial charge in [-0.3, -0.25) is 0 Å². The Morgan fingerprint density at radius 1 is 1.41 bits per heavy atom. The topological polar surface area (TPSA) is 72.6 Å². The maximum Gasteiger partial charge on any atom is 0.405 e. The van der Waals surface area contributed by atoms with Gasteiger partial charge in [-0.1, -0.05) is 28.1 Å². The van der Waals surface area contributed by atoms with Crippen molar-refractivity contribution in [2.75, 3.05) is 0 Å². The molecule has 0 spiro atoms. The Morgan fingerprint density at radius 3 is 2.35 bits per heavy atom. The van der Waals surface area contributed by atoms with Gasteiger partial charge in [-0.2, -0.15) is 0 Å². The van der Waals surface area contributed by atoms with Crippen LogP contribution in [0.25, 0.3) is 0 Å². The highest BCUT2D eigenvalue weighted by Crippen LogP contribution is 2.51. The van der Waals surface area contributed by atoms with Crippen LogP contribution in [0.1, 0.15) is 25.3 Å². The second kappa shape index (κ2) is 3.99. The molecule has 0 aromatic heterocycles. The molecular weight excluding hydrogens is 286 g/mol. The second-order valence-electron chi connectivity index (χ2n) is 4.77. The quantitative estimate of drug-likeness (QED) is 0.880. The Balaban J connectivity index is 2.29. The smallest absolute Gasteiger partial charge is 0.405 e. The second-order valence-corrected chi connectivity index (χ2v) is 5.69. The number of amides is 1. The number of hydrogen-bond acceptors (Lipinski definition) is 3. The molecule has 17 heavy (non-hydrogen) atoms. The summed E-state index contributed by atoms with van der Waals surface area (Å²) in [6.45, 7) is 1.72. The van der Waals surface area contributed by atoms with Gasteiger partial charge in [0.2, 0.25) is 0 Å². The maximum absolute atomic E-state index is 11.0. The number of nitrogens with two attached hydrogens (primary N) is 1. The first-order chi connectivity index (χ1) is 7.83. The highest BCUT2D eigenvalue weighted by Gasteiger charge is 2.55. The van der Waals surface area contributed by atoms with E-state index in [1.807, 2.05) is 24.3 Å². The molecule has 92 valence electrons. The Kier molecular flexibility index (Phi) is 2.91. The molecule has 1 aromatic rings. The minimum absolute atomic E-state index is 0.366. The van der Waals surface area contributed by atoms with Crippen LogP contribution in [-0.4, -0.2) is 16.8 Å². The van der Waals surface area contributed by atoms with Crippen LogP contribution in [0.4, 0.5) is 4.79 Å². The average Bonchev–Trinajstić information content (AvgIpc) is 2.14. The summed E-state index contributed by atoms with van der Waals surface area (Å²) in [7, 11) is 0. The van der Waals surface area contributed by atoms with E-state index in [0.29, 0.717) is 12.8 Å².